The lowest BCUT2D eigenvalue weighted by molar-refractivity contribution is 0.102. The van der Waals surface area contributed by atoms with Crippen molar-refractivity contribution in [3.05, 3.63) is 77.0 Å². The molecule has 2 aromatic carbocycles. The fourth-order valence-corrected chi connectivity index (χ4v) is 6.24. The third-order valence-corrected chi connectivity index (χ3v) is 8.31. The smallest absolute Gasteiger partial charge is 0.256 e. The van der Waals surface area contributed by atoms with E-state index in [2.05, 4.69) is 10.4 Å². The molecule has 174 valence electrons. The van der Waals surface area contributed by atoms with E-state index in [-0.39, 0.29) is 23.5 Å². The van der Waals surface area contributed by atoms with Crippen LogP contribution in [0.4, 0.5) is 5.69 Å². The molecule has 1 atom stereocenters. The maximum Gasteiger partial charge on any atom is 0.256 e. The summed E-state index contributed by atoms with van der Waals surface area (Å²) >= 11 is 0. The van der Waals surface area contributed by atoms with E-state index >= 15 is 0 Å². The first-order valence-electron chi connectivity index (χ1n) is 11.3. The van der Waals surface area contributed by atoms with Gasteiger partial charge in [-0.15, -0.1) is 0 Å². The Hall–Kier alpha value is -3.52. The van der Waals surface area contributed by atoms with Crippen molar-refractivity contribution in [1.29, 1.82) is 0 Å². The third-order valence-electron chi connectivity index (χ3n) is 6.56. The molecule has 0 spiro atoms. The quantitative estimate of drug-likeness (QED) is 0.465. The van der Waals surface area contributed by atoms with E-state index in [9.17, 15) is 13.2 Å². The average Bonchev–Trinajstić information content (AvgIpc) is 3.35. The summed E-state index contributed by atoms with van der Waals surface area (Å²) in [4.78, 5) is 18.5. The van der Waals surface area contributed by atoms with Gasteiger partial charge in [0, 0.05) is 11.3 Å². The molecule has 0 bridgehead atoms. The monoisotopic (exact) mass is 474 g/mol. The molecule has 1 aliphatic rings. The van der Waals surface area contributed by atoms with Crippen LogP contribution in [0.15, 0.2) is 54.6 Å². The maximum absolute atomic E-state index is 13.6. The molecule has 0 aliphatic carbocycles. The van der Waals surface area contributed by atoms with Crippen LogP contribution in [0.25, 0.3) is 22.3 Å². The Morgan fingerprint density at radius 2 is 1.82 bits per heavy atom. The van der Waals surface area contributed by atoms with Gasteiger partial charge in [-0.1, -0.05) is 42.5 Å². The van der Waals surface area contributed by atoms with Crippen molar-refractivity contribution in [2.75, 3.05) is 16.8 Å². The fourth-order valence-electron chi connectivity index (χ4n) is 4.55. The highest BCUT2D eigenvalue weighted by atomic mass is 32.2. The van der Waals surface area contributed by atoms with Crippen LogP contribution >= 0.6 is 0 Å². The van der Waals surface area contributed by atoms with Crippen molar-refractivity contribution < 1.29 is 13.2 Å². The molecule has 1 amide bonds. The van der Waals surface area contributed by atoms with Crippen LogP contribution in [0, 0.1) is 20.8 Å². The Morgan fingerprint density at radius 1 is 1.06 bits per heavy atom. The summed E-state index contributed by atoms with van der Waals surface area (Å²) in [5.41, 5.74) is 6.01. The molecule has 34 heavy (non-hydrogen) atoms. The predicted octanol–water partition coefficient (Wildman–Crippen LogP) is 4.64. The van der Waals surface area contributed by atoms with Crippen LogP contribution in [-0.2, 0) is 9.84 Å². The van der Waals surface area contributed by atoms with Gasteiger partial charge in [0.25, 0.3) is 5.91 Å². The SMILES string of the molecule is Cc1cccc(NC(=O)c2cc(-c3ccccc3)nc3c2c(C)nn3C2CCS(=O)(=O)C2)c1C. The molecule has 0 radical (unpaired) electrons. The number of nitrogens with one attached hydrogen (secondary N) is 1. The molecule has 8 heteroatoms. The first-order valence-corrected chi connectivity index (χ1v) is 13.1. The number of nitrogens with zero attached hydrogens (tertiary/aromatic N) is 3. The average molecular weight is 475 g/mol. The minimum Gasteiger partial charge on any atom is -0.322 e. The van der Waals surface area contributed by atoms with Crippen molar-refractivity contribution in [1.82, 2.24) is 14.8 Å². The Kier molecular flexibility index (Phi) is 5.48. The number of aromatic nitrogens is 3. The van der Waals surface area contributed by atoms with Crippen molar-refractivity contribution in [3.63, 3.8) is 0 Å². The van der Waals surface area contributed by atoms with Crippen LogP contribution in [0.3, 0.4) is 0 Å². The number of sulfone groups is 1. The Balaban J connectivity index is 1.68. The molecular weight excluding hydrogens is 448 g/mol. The number of anilines is 1. The second-order valence-corrected chi connectivity index (χ2v) is 11.1. The second kappa shape index (κ2) is 8.36. The highest BCUT2D eigenvalue weighted by Crippen LogP contribution is 2.32. The molecule has 1 aliphatic heterocycles. The Labute approximate surface area is 198 Å². The van der Waals surface area contributed by atoms with Gasteiger partial charge in [-0.05, 0) is 50.5 Å². The van der Waals surface area contributed by atoms with Crippen LogP contribution in [-0.4, -0.2) is 40.6 Å². The molecule has 7 nitrogen and oxygen atoms in total. The standard InChI is InChI=1S/C26H26N4O3S/c1-16-8-7-11-22(17(16)2)28-26(31)21-14-23(19-9-5-4-6-10-19)27-25-24(21)18(3)29-30(25)20-12-13-34(32,33)15-20/h4-11,14,20H,12-13,15H2,1-3H3,(H,28,31). The molecular formula is C26H26N4O3S. The number of aryl methyl sites for hydroxylation is 2. The van der Waals surface area contributed by atoms with E-state index in [0.717, 1.165) is 22.4 Å². The number of amides is 1. The van der Waals surface area contributed by atoms with Gasteiger partial charge in [-0.25, -0.2) is 18.1 Å². The van der Waals surface area contributed by atoms with Gasteiger partial charge in [0.05, 0.1) is 39.9 Å². The molecule has 1 unspecified atom stereocenters. The normalized spacial score (nSPS) is 17.2. The largest absolute Gasteiger partial charge is 0.322 e. The highest BCUT2D eigenvalue weighted by molar-refractivity contribution is 7.91. The number of carbonyl (C=O) groups excluding carboxylic acids is 1. The number of fused-ring (bicyclic) bond motifs is 1. The number of pyridine rings is 1. The lowest BCUT2D eigenvalue weighted by atomic mass is 10.0. The fraction of sp³-hybridized carbons (Fsp3) is 0.269. The van der Waals surface area contributed by atoms with Crippen LogP contribution in [0.2, 0.25) is 0 Å². The summed E-state index contributed by atoms with van der Waals surface area (Å²) in [6.07, 6.45) is 0.486. The van der Waals surface area contributed by atoms with E-state index in [4.69, 9.17) is 4.98 Å². The van der Waals surface area contributed by atoms with Gasteiger partial charge in [0.15, 0.2) is 15.5 Å². The molecule has 1 saturated heterocycles. The van der Waals surface area contributed by atoms with E-state index < -0.39 is 9.84 Å². The number of rotatable bonds is 4. The van der Waals surface area contributed by atoms with Gasteiger partial charge < -0.3 is 5.32 Å². The van der Waals surface area contributed by atoms with Gasteiger partial charge in [-0.3, -0.25) is 4.79 Å². The van der Waals surface area contributed by atoms with E-state index in [0.29, 0.717) is 34.4 Å². The van der Waals surface area contributed by atoms with Crippen molar-refractivity contribution in [3.8, 4) is 11.3 Å². The predicted molar refractivity (Wildman–Crippen MR) is 134 cm³/mol. The molecule has 3 heterocycles. The summed E-state index contributed by atoms with van der Waals surface area (Å²) in [6.45, 7) is 5.82. The van der Waals surface area contributed by atoms with Crippen LogP contribution in [0.1, 0.15) is 39.6 Å². The summed E-state index contributed by atoms with van der Waals surface area (Å²) in [5.74, 6) is -0.0825. The van der Waals surface area contributed by atoms with Crippen molar-refractivity contribution in [2.24, 2.45) is 0 Å². The molecule has 1 fully saturated rings. The van der Waals surface area contributed by atoms with E-state index in [1.165, 1.54) is 0 Å². The Morgan fingerprint density at radius 3 is 2.53 bits per heavy atom. The van der Waals surface area contributed by atoms with Gasteiger partial charge >= 0.3 is 0 Å². The first kappa shape index (κ1) is 22.3. The minimum atomic E-state index is -3.11. The zero-order chi connectivity index (χ0) is 24.0. The first-order chi connectivity index (χ1) is 16.2. The number of carbonyl (C=O) groups is 1. The molecule has 2 aromatic heterocycles. The molecule has 0 saturated carbocycles. The molecule has 4 aromatic rings. The lowest BCUT2D eigenvalue weighted by Crippen LogP contribution is -2.15. The number of hydrogen-bond acceptors (Lipinski definition) is 5. The van der Waals surface area contributed by atoms with Gasteiger partial charge in [-0.2, -0.15) is 5.10 Å². The number of hydrogen-bond donors (Lipinski definition) is 1. The second-order valence-electron chi connectivity index (χ2n) is 8.91. The van der Waals surface area contributed by atoms with Gasteiger partial charge in [0.1, 0.15) is 0 Å². The van der Waals surface area contributed by atoms with Crippen LogP contribution < -0.4 is 5.32 Å². The zero-order valence-corrected chi connectivity index (χ0v) is 20.2. The summed E-state index contributed by atoms with van der Waals surface area (Å²) in [6, 6.07) is 16.9. The minimum absolute atomic E-state index is 0.0322. The summed E-state index contributed by atoms with van der Waals surface area (Å²) < 4.78 is 26.0. The van der Waals surface area contributed by atoms with Gasteiger partial charge in [0.2, 0.25) is 0 Å². The third kappa shape index (κ3) is 3.98. The highest BCUT2D eigenvalue weighted by Gasteiger charge is 2.32. The van der Waals surface area contributed by atoms with Crippen molar-refractivity contribution >= 4 is 32.5 Å². The Bertz CT molecular complexity index is 1520. The topological polar surface area (TPSA) is 93.9 Å². The summed E-state index contributed by atoms with van der Waals surface area (Å²) in [5, 5.41) is 8.37. The molecule has 5 rings (SSSR count). The van der Waals surface area contributed by atoms with Crippen LogP contribution in [0.5, 0.6) is 0 Å². The lowest BCUT2D eigenvalue weighted by Gasteiger charge is -2.13. The summed E-state index contributed by atoms with van der Waals surface area (Å²) in [7, 11) is -3.11. The molecule has 1 N–H and O–H groups in total. The van der Waals surface area contributed by atoms with E-state index in [1.54, 1.807) is 10.7 Å². The maximum atomic E-state index is 13.6. The van der Waals surface area contributed by atoms with Crippen molar-refractivity contribution in [2.45, 2.75) is 33.2 Å². The zero-order valence-electron chi connectivity index (χ0n) is 19.4. The van der Waals surface area contributed by atoms with E-state index in [1.807, 2.05) is 69.3 Å². The number of benzene rings is 2.